The molecule has 4 nitrogen and oxygen atoms in total. The molecule has 0 atom stereocenters. The molecular formula is C26H27N3O. The van der Waals surface area contributed by atoms with E-state index >= 15 is 0 Å². The third kappa shape index (κ3) is 4.08. The van der Waals surface area contributed by atoms with Crippen LogP contribution in [0.3, 0.4) is 0 Å². The molecule has 0 fully saturated rings. The van der Waals surface area contributed by atoms with Crippen molar-refractivity contribution in [1.29, 1.82) is 5.41 Å². The molecule has 0 radical (unpaired) electrons. The Morgan fingerprint density at radius 1 is 1.03 bits per heavy atom. The van der Waals surface area contributed by atoms with Crippen LogP contribution in [0.4, 0.5) is 0 Å². The van der Waals surface area contributed by atoms with Crippen molar-refractivity contribution in [3.63, 3.8) is 0 Å². The smallest absolute Gasteiger partial charge is 0.251 e. The molecule has 0 unspecified atom stereocenters. The van der Waals surface area contributed by atoms with Gasteiger partial charge in [-0.05, 0) is 54.2 Å². The molecule has 0 saturated carbocycles. The minimum atomic E-state index is -0.0818. The van der Waals surface area contributed by atoms with E-state index < -0.39 is 0 Å². The lowest BCUT2D eigenvalue weighted by atomic mass is 9.92. The molecule has 152 valence electrons. The Hall–Kier alpha value is -3.53. The maximum atomic E-state index is 12.7. The number of aromatic nitrogens is 1. The summed E-state index contributed by atoms with van der Waals surface area (Å²) in [4.78, 5) is 17.6. The maximum absolute atomic E-state index is 12.7. The number of nitrogens with zero attached hydrogens (tertiary/aromatic N) is 1. The van der Waals surface area contributed by atoms with Crippen LogP contribution in [-0.2, 0) is 6.42 Å². The van der Waals surface area contributed by atoms with E-state index in [4.69, 9.17) is 10.4 Å². The number of rotatable bonds is 6. The molecule has 1 amide bonds. The molecule has 0 bridgehead atoms. The third-order valence-corrected chi connectivity index (χ3v) is 5.28. The molecular weight excluding hydrogens is 370 g/mol. The van der Waals surface area contributed by atoms with Gasteiger partial charge in [0.25, 0.3) is 5.91 Å². The normalized spacial score (nSPS) is 10.9. The van der Waals surface area contributed by atoms with Gasteiger partial charge in [-0.15, -0.1) is 0 Å². The number of carbonyl (C=O) groups excluding carboxylic acids is 1. The van der Waals surface area contributed by atoms with Crippen molar-refractivity contribution >= 4 is 18.2 Å². The molecule has 0 saturated heterocycles. The zero-order valence-corrected chi connectivity index (χ0v) is 17.9. The first-order chi connectivity index (χ1) is 14.5. The Morgan fingerprint density at radius 3 is 2.10 bits per heavy atom. The third-order valence-electron chi connectivity index (χ3n) is 5.28. The van der Waals surface area contributed by atoms with Crippen LogP contribution in [0.2, 0.25) is 0 Å². The van der Waals surface area contributed by atoms with Gasteiger partial charge in [-0.1, -0.05) is 61.5 Å². The lowest BCUT2D eigenvalue weighted by Crippen LogP contribution is -2.22. The lowest BCUT2D eigenvalue weighted by Gasteiger charge is -2.17. The minimum Gasteiger partial charge on any atom is -0.355 e. The first-order valence-electron chi connectivity index (χ1n) is 10.1. The van der Waals surface area contributed by atoms with Crippen molar-refractivity contribution in [2.24, 2.45) is 0 Å². The van der Waals surface area contributed by atoms with Crippen LogP contribution in [0, 0.1) is 12.3 Å². The van der Waals surface area contributed by atoms with Crippen LogP contribution >= 0.6 is 0 Å². The molecule has 0 aliphatic rings. The van der Waals surface area contributed by atoms with Crippen LogP contribution in [0.15, 0.2) is 54.6 Å². The van der Waals surface area contributed by atoms with Crippen LogP contribution in [0.5, 0.6) is 0 Å². The first kappa shape index (κ1) is 21.2. The first-order valence-corrected chi connectivity index (χ1v) is 10.1. The van der Waals surface area contributed by atoms with Gasteiger partial charge in [0.05, 0.1) is 11.4 Å². The zero-order valence-electron chi connectivity index (χ0n) is 17.9. The summed E-state index contributed by atoms with van der Waals surface area (Å²) in [6.07, 6.45) is 5.95. The summed E-state index contributed by atoms with van der Waals surface area (Å²) in [6.45, 7) is 5.96. The predicted molar refractivity (Wildman–Crippen MR) is 125 cm³/mol. The highest BCUT2D eigenvalue weighted by molar-refractivity contribution is 5.99. The van der Waals surface area contributed by atoms with Crippen LogP contribution in [0.25, 0.3) is 28.5 Å². The molecule has 0 aliphatic heterocycles. The van der Waals surface area contributed by atoms with E-state index in [1.165, 1.54) is 6.21 Å². The van der Waals surface area contributed by atoms with E-state index in [0.29, 0.717) is 5.56 Å². The summed E-state index contributed by atoms with van der Waals surface area (Å²) in [5, 5.41) is 10.1. The summed E-state index contributed by atoms with van der Waals surface area (Å²) in [5.74, 6) is -0.0818. The van der Waals surface area contributed by atoms with Crippen molar-refractivity contribution in [1.82, 2.24) is 10.3 Å². The summed E-state index contributed by atoms with van der Waals surface area (Å²) in [5.41, 5.74) is 8.30. The van der Waals surface area contributed by atoms with E-state index in [0.717, 1.165) is 51.2 Å². The summed E-state index contributed by atoms with van der Waals surface area (Å²) < 4.78 is 0. The molecule has 0 spiro atoms. The van der Waals surface area contributed by atoms with Crippen LogP contribution in [-0.4, -0.2) is 24.2 Å². The van der Waals surface area contributed by atoms with Gasteiger partial charge in [0, 0.05) is 24.4 Å². The Bertz CT molecular complexity index is 1090. The zero-order chi connectivity index (χ0) is 21.7. The standard InChI is InChI=1S/C26H27N3O/c1-5-7-23-17(3)24(26(30)28-4)22(6-2)25(29-23)21-14-12-20(13-15-21)19-10-8-18(16-27)9-11-19/h5,7-16,27H,6H2,1-4H3,(H,28,30)/b7-5-,27-16?. The molecule has 1 aromatic heterocycles. The molecule has 1 heterocycles. The van der Waals surface area contributed by atoms with Gasteiger partial charge in [0.1, 0.15) is 0 Å². The van der Waals surface area contributed by atoms with Gasteiger partial charge < -0.3 is 10.7 Å². The average Bonchev–Trinajstić information content (AvgIpc) is 2.79. The largest absolute Gasteiger partial charge is 0.355 e. The van der Waals surface area contributed by atoms with Gasteiger partial charge >= 0.3 is 0 Å². The fraction of sp³-hybridized carbons (Fsp3) is 0.192. The van der Waals surface area contributed by atoms with Gasteiger partial charge in [-0.25, -0.2) is 4.98 Å². The quantitative estimate of drug-likeness (QED) is 0.526. The highest BCUT2D eigenvalue weighted by Gasteiger charge is 2.20. The van der Waals surface area contributed by atoms with Crippen molar-refractivity contribution in [2.75, 3.05) is 7.05 Å². The SMILES string of the molecule is C/C=C\c1nc(-c2ccc(-c3ccc(C=N)cc3)cc2)c(CC)c(C(=O)NC)c1C. The maximum Gasteiger partial charge on any atom is 0.251 e. The van der Waals surface area contributed by atoms with Gasteiger partial charge in [-0.3, -0.25) is 4.79 Å². The second-order valence-corrected chi connectivity index (χ2v) is 7.10. The molecule has 3 rings (SSSR count). The summed E-state index contributed by atoms with van der Waals surface area (Å²) in [6, 6.07) is 16.2. The van der Waals surface area contributed by atoms with Crippen molar-refractivity contribution in [2.45, 2.75) is 27.2 Å². The molecule has 2 N–H and O–H groups in total. The minimum absolute atomic E-state index is 0.0818. The number of hydrogen-bond acceptors (Lipinski definition) is 3. The van der Waals surface area contributed by atoms with Crippen molar-refractivity contribution in [3.8, 4) is 22.4 Å². The second-order valence-electron chi connectivity index (χ2n) is 7.10. The fourth-order valence-electron chi connectivity index (χ4n) is 3.67. The van der Waals surface area contributed by atoms with E-state index in [1.54, 1.807) is 7.05 Å². The highest BCUT2D eigenvalue weighted by Crippen LogP contribution is 2.31. The average molecular weight is 398 g/mol. The van der Waals surface area contributed by atoms with Gasteiger partial charge in [0.15, 0.2) is 0 Å². The number of benzene rings is 2. The molecule has 2 aromatic carbocycles. The highest BCUT2D eigenvalue weighted by atomic mass is 16.1. The Balaban J connectivity index is 2.12. The molecule has 4 heteroatoms. The summed E-state index contributed by atoms with van der Waals surface area (Å²) >= 11 is 0. The Labute approximate surface area is 178 Å². The number of allylic oxidation sites excluding steroid dienone is 1. The van der Waals surface area contributed by atoms with E-state index in [1.807, 2.05) is 50.3 Å². The van der Waals surface area contributed by atoms with E-state index in [-0.39, 0.29) is 5.91 Å². The van der Waals surface area contributed by atoms with Crippen LogP contribution in [0.1, 0.15) is 46.6 Å². The number of pyridine rings is 1. The van der Waals surface area contributed by atoms with Gasteiger partial charge in [-0.2, -0.15) is 0 Å². The van der Waals surface area contributed by atoms with Crippen LogP contribution < -0.4 is 5.32 Å². The predicted octanol–water partition coefficient (Wildman–Crippen LogP) is 5.68. The summed E-state index contributed by atoms with van der Waals surface area (Å²) in [7, 11) is 1.66. The molecule has 3 aromatic rings. The number of carbonyl (C=O) groups is 1. The lowest BCUT2D eigenvalue weighted by molar-refractivity contribution is 0.0961. The molecule has 0 aliphatic carbocycles. The monoisotopic (exact) mass is 397 g/mol. The Morgan fingerprint density at radius 2 is 1.60 bits per heavy atom. The number of nitrogens with one attached hydrogen (secondary N) is 2. The number of hydrogen-bond donors (Lipinski definition) is 2. The second kappa shape index (κ2) is 9.31. The topological polar surface area (TPSA) is 65.8 Å². The van der Waals surface area contributed by atoms with Crippen molar-refractivity contribution < 1.29 is 4.79 Å². The fourth-order valence-corrected chi connectivity index (χ4v) is 3.67. The number of amides is 1. The molecule has 30 heavy (non-hydrogen) atoms. The van der Waals surface area contributed by atoms with Crippen molar-refractivity contribution in [3.05, 3.63) is 82.6 Å². The van der Waals surface area contributed by atoms with E-state index in [2.05, 4.69) is 36.5 Å². The van der Waals surface area contributed by atoms with E-state index in [9.17, 15) is 4.79 Å². The Kier molecular flexibility index (Phi) is 6.58. The van der Waals surface area contributed by atoms with Gasteiger partial charge in [0.2, 0.25) is 0 Å².